The van der Waals surface area contributed by atoms with E-state index in [2.05, 4.69) is 31.1 Å². The molecule has 0 amide bonds. The van der Waals surface area contributed by atoms with E-state index in [1.165, 1.54) is 32.1 Å². The Balaban J connectivity index is 2.18. The Labute approximate surface area is 112 Å². The molecular formula is C15H30N2O. The Bertz CT molecular complexity index is 245. The maximum atomic E-state index is 5.54. The Morgan fingerprint density at radius 1 is 1.22 bits per heavy atom. The van der Waals surface area contributed by atoms with Crippen LogP contribution in [-0.4, -0.2) is 49.8 Å². The average molecular weight is 254 g/mol. The van der Waals surface area contributed by atoms with Crippen molar-refractivity contribution in [2.75, 3.05) is 33.4 Å². The molecule has 2 aliphatic rings. The molecule has 2 fully saturated rings. The van der Waals surface area contributed by atoms with Crippen molar-refractivity contribution >= 4 is 0 Å². The van der Waals surface area contributed by atoms with Crippen molar-refractivity contribution in [2.45, 2.75) is 57.5 Å². The summed E-state index contributed by atoms with van der Waals surface area (Å²) < 4.78 is 5.54. The molecule has 0 aromatic heterocycles. The van der Waals surface area contributed by atoms with E-state index in [9.17, 15) is 0 Å². The highest BCUT2D eigenvalue weighted by Gasteiger charge is 2.47. The first-order valence-corrected chi connectivity index (χ1v) is 7.74. The van der Waals surface area contributed by atoms with Crippen LogP contribution in [0.5, 0.6) is 0 Å². The van der Waals surface area contributed by atoms with E-state index < -0.39 is 0 Å². The number of likely N-dealkylation sites (N-methyl/N-ethyl adjacent to an activating group) is 1. The molecule has 106 valence electrons. The van der Waals surface area contributed by atoms with Crippen LogP contribution in [0.4, 0.5) is 0 Å². The highest BCUT2D eigenvalue weighted by Crippen LogP contribution is 2.41. The summed E-state index contributed by atoms with van der Waals surface area (Å²) in [7, 11) is 2.15. The van der Waals surface area contributed by atoms with E-state index in [0.29, 0.717) is 11.6 Å². The number of hydrogen-bond acceptors (Lipinski definition) is 3. The van der Waals surface area contributed by atoms with Crippen LogP contribution < -0.4 is 5.32 Å². The highest BCUT2D eigenvalue weighted by molar-refractivity contribution is 5.05. The second kappa shape index (κ2) is 6.36. The van der Waals surface area contributed by atoms with E-state index in [1.807, 2.05) is 0 Å². The monoisotopic (exact) mass is 254 g/mol. The van der Waals surface area contributed by atoms with Crippen LogP contribution in [0.25, 0.3) is 0 Å². The lowest BCUT2D eigenvalue weighted by Gasteiger charge is -2.50. The third kappa shape index (κ3) is 2.59. The molecule has 0 aromatic carbocycles. The Morgan fingerprint density at radius 2 is 1.83 bits per heavy atom. The zero-order valence-electron chi connectivity index (χ0n) is 12.4. The Hall–Kier alpha value is -0.120. The van der Waals surface area contributed by atoms with Gasteiger partial charge >= 0.3 is 0 Å². The van der Waals surface area contributed by atoms with Gasteiger partial charge in [0, 0.05) is 24.7 Å². The first-order valence-electron chi connectivity index (χ1n) is 7.74. The number of ether oxygens (including phenoxy) is 1. The van der Waals surface area contributed by atoms with Crippen LogP contribution in [0, 0.1) is 5.92 Å². The molecule has 3 heteroatoms. The molecule has 0 aromatic rings. The smallest absolute Gasteiger partial charge is 0.0594 e. The maximum Gasteiger partial charge on any atom is 0.0594 e. The summed E-state index contributed by atoms with van der Waals surface area (Å²) in [6.07, 6.45) is 6.78. The van der Waals surface area contributed by atoms with E-state index >= 15 is 0 Å². The molecule has 1 N–H and O–H groups in total. The van der Waals surface area contributed by atoms with Gasteiger partial charge in [-0.2, -0.15) is 0 Å². The third-order valence-corrected chi connectivity index (χ3v) is 5.21. The first-order chi connectivity index (χ1) is 8.74. The minimum Gasteiger partial charge on any atom is -0.379 e. The summed E-state index contributed by atoms with van der Waals surface area (Å²) in [6.45, 7) is 8.79. The Morgan fingerprint density at radius 3 is 2.33 bits per heavy atom. The van der Waals surface area contributed by atoms with Crippen LogP contribution in [0.15, 0.2) is 0 Å². The predicted molar refractivity (Wildman–Crippen MR) is 75.9 cm³/mol. The molecule has 1 aliphatic carbocycles. The molecule has 3 nitrogen and oxygen atoms in total. The van der Waals surface area contributed by atoms with Gasteiger partial charge in [0.1, 0.15) is 0 Å². The van der Waals surface area contributed by atoms with Crippen LogP contribution in [0.2, 0.25) is 0 Å². The Kier molecular flexibility index (Phi) is 5.05. The molecule has 2 unspecified atom stereocenters. The largest absolute Gasteiger partial charge is 0.379 e. The van der Waals surface area contributed by atoms with Crippen molar-refractivity contribution in [1.82, 2.24) is 10.2 Å². The van der Waals surface area contributed by atoms with Gasteiger partial charge < -0.3 is 10.1 Å². The quantitative estimate of drug-likeness (QED) is 0.814. The van der Waals surface area contributed by atoms with Crippen molar-refractivity contribution in [2.24, 2.45) is 5.92 Å². The van der Waals surface area contributed by atoms with Gasteiger partial charge in [-0.25, -0.2) is 0 Å². The molecule has 0 bridgehead atoms. The number of hydrogen-bond donors (Lipinski definition) is 1. The molecule has 1 saturated carbocycles. The summed E-state index contributed by atoms with van der Waals surface area (Å²) in [5.74, 6) is 0.746. The van der Waals surface area contributed by atoms with Crippen LogP contribution in [0.3, 0.4) is 0 Å². The van der Waals surface area contributed by atoms with Gasteiger partial charge in [0.15, 0.2) is 0 Å². The lowest BCUT2D eigenvalue weighted by Crippen LogP contribution is -2.63. The number of morpholine rings is 1. The zero-order chi connectivity index (χ0) is 13.0. The van der Waals surface area contributed by atoms with E-state index in [4.69, 9.17) is 4.74 Å². The molecule has 0 spiro atoms. The van der Waals surface area contributed by atoms with Crippen molar-refractivity contribution in [3.8, 4) is 0 Å². The van der Waals surface area contributed by atoms with Crippen molar-refractivity contribution in [3.05, 3.63) is 0 Å². The standard InChI is InChI=1S/C15H30N2O/c1-4-13(2)14(16-3)15(7-5-6-8-15)17-9-11-18-12-10-17/h13-14,16H,4-12H2,1-3H3. The van der Waals surface area contributed by atoms with E-state index in [0.717, 1.165) is 32.2 Å². The fourth-order valence-corrected chi connectivity index (χ4v) is 4.14. The summed E-state index contributed by atoms with van der Waals surface area (Å²) in [5.41, 5.74) is 0.397. The zero-order valence-corrected chi connectivity index (χ0v) is 12.4. The fraction of sp³-hybridized carbons (Fsp3) is 1.00. The molecule has 2 atom stereocenters. The maximum absolute atomic E-state index is 5.54. The number of nitrogens with zero attached hydrogens (tertiary/aromatic N) is 1. The van der Waals surface area contributed by atoms with Gasteiger partial charge in [-0.15, -0.1) is 0 Å². The SMILES string of the molecule is CCC(C)C(NC)C1(N2CCOCC2)CCCC1. The lowest BCUT2D eigenvalue weighted by molar-refractivity contribution is -0.0426. The second-order valence-corrected chi connectivity index (χ2v) is 6.06. The molecule has 1 heterocycles. The fourth-order valence-electron chi connectivity index (χ4n) is 4.14. The van der Waals surface area contributed by atoms with E-state index in [1.54, 1.807) is 0 Å². The third-order valence-electron chi connectivity index (χ3n) is 5.21. The minimum absolute atomic E-state index is 0.397. The second-order valence-electron chi connectivity index (χ2n) is 6.06. The van der Waals surface area contributed by atoms with Crippen molar-refractivity contribution < 1.29 is 4.74 Å². The van der Waals surface area contributed by atoms with Gasteiger partial charge in [-0.1, -0.05) is 33.1 Å². The average Bonchev–Trinajstić information content (AvgIpc) is 2.91. The molecule has 18 heavy (non-hydrogen) atoms. The van der Waals surface area contributed by atoms with Gasteiger partial charge in [0.2, 0.25) is 0 Å². The normalized spacial score (nSPS) is 28.2. The summed E-state index contributed by atoms with van der Waals surface area (Å²) in [4.78, 5) is 2.73. The van der Waals surface area contributed by atoms with Crippen LogP contribution >= 0.6 is 0 Å². The van der Waals surface area contributed by atoms with Gasteiger partial charge in [-0.3, -0.25) is 4.90 Å². The number of rotatable bonds is 5. The molecule has 1 aliphatic heterocycles. The van der Waals surface area contributed by atoms with Crippen LogP contribution in [-0.2, 0) is 4.74 Å². The minimum atomic E-state index is 0.397. The predicted octanol–water partition coefficient (Wildman–Crippen LogP) is 2.27. The molecule has 2 rings (SSSR count). The summed E-state index contributed by atoms with van der Waals surface area (Å²) in [6, 6.07) is 0.628. The van der Waals surface area contributed by atoms with E-state index in [-0.39, 0.29) is 0 Å². The van der Waals surface area contributed by atoms with Crippen molar-refractivity contribution in [1.29, 1.82) is 0 Å². The first kappa shape index (κ1) is 14.3. The van der Waals surface area contributed by atoms with Gasteiger partial charge in [0.25, 0.3) is 0 Å². The van der Waals surface area contributed by atoms with Gasteiger partial charge in [-0.05, 0) is 25.8 Å². The summed E-state index contributed by atoms with van der Waals surface area (Å²) >= 11 is 0. The van der Waals surface area contributed by atoms with Crippen LogP contribution in [0.1, 0.15) is 46.0 Å². The molecular weight excluding hydrogens is 224 g/mol. The number of nitrogens with one attached hydrogen (secondary N) is 1. The summed E-state index contributed by atoms with van der Waals surface area (Å²) in [5, 5.41) is 3.65. The lowest BCUT2D eigenvalue weighted by atomic mass is 9.78. The topological polar surface area (TPSA) is 24.5 Å². The van der Waals surface area contributed by atoms with Crippen molar-refractivity contribution in [3.63, 3.8) is 0 Å². The molecule has 1 saturated heterocycles. The molecule has 0 radical (unpaired) electrons. The van der Waals surface area contributed by atoms with Gasteiger partial charge in [0.05, 0.1) is 13.2 Å². The highest BCUT2D eigenvalue weighted by atomic mass is 16.5.